The monoisotopic (exact) mass is 292 g/mol. The molecule has 0 saturated carbocycles. The number of aromatic nitrogens is 2. The van der Waals surface area contributed by atoms with Crippen LogP contribution >= 0.6 is 11.3 Å². The van der Waals surface area contributed by atoms with Gasteiger partial charge in [-0.3, -0.25) is 14.7 Å². The quantitative estimate of drug-likeness (QED) is 0.786. The first-order valence-corrected chi connectivity index (χ1v) is 7.14. The molecule has 0 atom stereocenters. The molecule has 0 saturated heterocycles. The summed E-state index contributed by atoms with van der Waals surface area (Å²) in [4.78, 5) is 23.4. The number of H-pyrrole nitrogens is 1. The minimum absolute atomic E-state index is 0.150. The second kappa shape index (κ2) is 6.33. The number of anilines is 1. The number of hydrogen-bond donors (Lipinski definition) is 3. The van der Waals surface area contributed by atoms with Crippen LogP contribution in [0, 0.1) is 13.8 Å². The molecule has 20 heavy (non-hydrogen) atoms. The van der Waals surface area contributed by atoms with E-state index in [-0.39, 0.29) is 18.2 Å². The lowest BCUT2D eigenvalue weighted by Gasteiger charge is -2.06. The standard InChI is InChI=1S/C13H16N4O2S/c1-8-12(9(2)17-16-8)15-11(18)3-5-14-13(19)10-4-6-20-7-10/h4,6-7H,3,5H2,1-2H3,(H,14,19)(H,15,18)(H,16,17). The van der Waals surface area contributed by atoms with Gasteiger partial charge in [-0.25, -0.2) is 0 Å². The van der Waals surface area contributed by atoms with E-state index in [1.165, 1.54) is 11.3 Å². The predicted octanol–water partition coefficient (Wildman–Crippen LogP) is 1.85. The number of aromatic amines is 1. The summed E-state index contributed by atoms with van der Waals surface area (Å²) in [5, 5.41) is 15.9. The summed E-state index contributed by atoms with van der Waals surface area (Å²) in [5.74, 6) is -0.307. The zero-order valence-corrected chi connectivity index (χ0v) is 12.1. The molecule has 0 spiro atoms. The molecule has 3 N–H and O–H groups in total. The normalized spacial score (nSPS) is 10.3. The Morgan fingerprint density at radius 1 is 1.40 bits per heavy atom. The predicted molar refractivity (Wildman–Crippen MR) is 78.0 cm³/mol. The molecule has 6 nitrogen and oxygen atoms in total. The molecule has 0 aliphatic carbocycles. The zero-order valence-electron chi connectivity index (χ0n) is 11.3. The molecule has 7 heteroatoms. The van der Waals surface area contributed by atoms with Crippen molar-refractivity contribution in [2.24, 2.45) is 0 Å². The Hall–Kier alpha value is -2.15. The average Bonchev–Trinajstić information content (AvgIpc) is 3.04. The van der Waals surface area contributed by atoms with Crippen LogP contribution in [0.5, 0.6) is 0 Å². The number of nitrogens with one attached hydrogen (secondary N) is 3. The first kappa shape index (κ1) is 14.3. The van der Waals surface area contributed by atoms with Crippen molar-refractivity contribution >= 4 is 28.8 Å². The zero-order chi connectivity index (χ0) is 14.5. The van der Waals surface area contributed by atoms with Crippen molar-refractivity contribution in [3.8, 4) is 0 Å². The van der Waals surface area contributed by atoms with Crippen LogP contribution in [0.1, 0.15) is 28.2 Å². The van der Waals surface area contributed by atoms with Crippen LogP contribution in [0.25, 0.3) is 0 Å². The van der Waals surface area contributed by atoms with Crippen molar-refractivity contribution in [1.29, 1.82) is 0 Å². The van der Waals surface area contributed by atoms with Crippen LogP contribution in [0.15, 0.2) is 16.8 Å². The minimum atomic E-state index is -0.158. The Labute approximate surface area is 120 Å². The maximum absolute atomic E-state index is 11.8. The minimum Gasteiger partial charge on any atom is -0.351 e. The third kappa shape index (κ3) is 3.45. The van der Waals surface area contributed by atoms with Crippen LogP contribution in [-0.4, -0.2) is 28.6 Å². The van der Waals surface area contributed by atoms with Gasteiger partial charge in [0.1, 0.15) is 0 Å². The van der Waals surface area contributed by atoms with E-state index >= 15 is 0 Å². The van der Waals surface area contributed by atoms with E-state index in [0.717, 1.165) is 11.4 Å². The van der Waals surface area contributed by atoms with Crippen LogP contribution in [-0.2, 0) is 4.79 Å². The van der Waals surface area contributed by atoms with Gasteiger partial charge < -0.3 is 10.6 Å². The SMILES string of the molecule is Cc1n[nH]c(C)c1NC(=O)CCNC(=O)c1ccsc1. The van der Waals surface area contributed by atoms with Gasteiger partial charge in [0.25, 0.3) is 5.91 Å². The van der Waals surface area contributed by atoms with E-state index in [0.29, 0.717) is 17.8 Å². The molecule has 0 aliphatic heterocycles. The number of nitrogens with zero attached hydrogens (tertiary/aromatic N) is 1. The fourth-order valence-electron chi connectivity index (χ4n) is 1.72. The van der Waals surface area contributed by atoms with Crippen molar-refractivity contribution in [2.75, 3.05) is 11.9 Å². The summed E-state index contributed by atoms with van der Waals surface area (Å²) in [6.45, 7) is 3.96. The maximum Gasteiger partial charge on any atom is 0.252 e. The third-order valence-corrected chi connectivity index (χ3v) is 3.50. The van der Waals surface area contributed by atoms with E-state index in [9.17, 15) is 9.59 Å². The molecule has 0 unspecified atom stereocenters. The molecular formula is C13H16N4O2S. The van der Waals surface area contributed by atoms with Crippen LogP contribution in [0.3, 0.4) is 0 Å². The Balaban J connectivity index is 1.77. The van der Waals surface area contributed by atoms with Gasteiger partial charge >= 0.3 is 0 Å². The summed E-state index contributed by atoms with van der Waals surface area (Å²) < 4.78 is 0. The highest BCUT2D eigenvalue weighted by atomic mass is 32.1. The molecule has 2 aromatic heterocycles. The van der Waals surface area contributed by atoms with Gasteiger partial charge in [0.15, 0.2) is 0 Å². The highest BCUT2D eigenvalue weighted by molar-refractivity contribution is 7.08. The number of hydrogen-bond acceptors (Lipinski definition) is 4. The smallest absolute Gasteiger partial charge is 0.252 e. The first-order valence-electron chi connectivity index (χ1n) is 6.19. The lowest BCUT2D eigenvalue weighted by Crippen LogP contribution is -2.27. The lowest BCUT2D eigenvalue weighted by atomic mass is 10.3. The molecule has 2 aromatic rings. The lowest BCUT2D eigenvalue weighted by molar-refractivity contribution is -0.116. The molecule has 0 aromatic carbocycles. The van der Waals surface area contributed by atoms with Gasteiger partial charge in [-0.1, -0.05) is 0 Å². The number of aryl methyl sites for hydroxylation is 2. The summed E-state index contributed by atoms with van der Waals surface area (Å²) in [7, 11) is 0. The van der Waals surface area contributed by atoms with Crippen molar-refractivity contribution in [2.45, 2.75) is 20.3 Å². The van der Waals surface area contributed by atoms with E-state index in [4.69, 9.17) is 0 Å². The van der Waals surface area contributed by atoms with E-state index < -0.39 is 0 Å². The van der Waals surface area contributed by atoms with Crippen LogP contribution in [0.2, 0.25) is 0 Å². The van der Waals surface area contributed by atoms with Gasteiger partial charge in [0, 0.05) is 23.9 Å². The fourth-order valence-corrected chi connectivity index (χ4v) is 2.36. The molecule has 0 fully saturated rings. The Morgan fingerprint density at radius 2 is 2.20 bits per heavy atom. The van der Waals surface area contributed by atoms with Gasteiger partial charge in [-0.05, 0) is 25.3 Å². The highest BCUT2D eigenvalue weighted by Gasteiger charge is 2.11. The molecule has 106 valence electrons. The molecule has 0 radical (unpaired) electrons. The van der Waals surface area contributed by atoms with E-state index in [1.54, 1.807) is 11.4 Å². The van der Waals surface area contributed by atoms with Gasteiger partial charge in [-0.15, -0.1) is 0 Å². The highest BCUT2D eigenvalue weighted by Crippen LogP contribution is 2.15. The number of carbonyl (C=O) groups excluding carboxylic acids is 2. The number of carbonyl (C=O) groups is 2. The first-order chi connectivity index (χ1) is 9.58. The fraction of sp³-hybridized carbons (Fsp3) is 0.308. The summed E-state index contributed by atoms with van der Waals surface area (Å²) >= 11 is 1.46. The number of rotatable bonds is 5. The topological polar surface area (TPSA) is 86.9 Å². The Kier molecular flexibility index (Phi) is 4.52. The van der Waals surface area contributed by atoms with Gasteiger partial charge in [0.2, 0.25) is 5.91 Å². The summed E-state index contributed by atoms with van der Waals surface area (Å²) in [5.41, 5.74) is 2.90. The Bertz CT molecular complexity index is 584. The Morgan fingerprint density at radius 3 is 2.80 bits per heavy atom. The molecule has 2 rings (SSSR count). The summed E-state index contributed by atoms with van der Waals surface area (Å²) in [6, 6.07) is 1.75. The molecule has 2 heterocycles. The van der Waals surface area contributed by atoms with Crippen LogP contribution in [0.4, 0.5) is 5.69 Å². The van der Waals surface area contributed by atoms with E-state index in [1.807, 2.05) is 19.2 Å². The summed E-state index contributed by atoms with van der Waals surface area (Å²) in [6.07, 6.45) is 0.222. The van der Waals surface area contributed by atoms with Crippen molar-refractivity contribution in [1.82, 2.24) is 15.5 Å². The molecule has 0 aliphatic rings. The van der Waals surface area contributed by atoms with E-state index in [2.05, 4.69) is 20.8 Å². The second-order valence-electron chi connectivity index (χ2n) is 4.38. The van der Waals surface area contributed by atoms with Crippen molar-refractivity contribution in [3.63, 3.8) is 0 Å². The van der Waals surface area contributed by atoms with Gasteiger partial charge in [0.05, 0.1) is 17.1 Å². The second-order valence-corrected chi connectivity index (χ2v) is 5.16. The van der Waals surface area contributed by atoms with Crippen molar-refractivity contribution < 1.29 is 9.59 Å². The van der Waals surface area contributed by atoms with Gasteiger partial charge in [-0.2, -0.15) is 16.4 Å². The molecular weight excluding hydrogens is 276 g/mol. The largest absolute Gasteiger partial charge is 0.351 e. The molecule has 0 bridgehead atoms. The molecule has 2 amide bonds. The third-order valence-electron chi connectivity index (χ3n) is 2.81. The number of amides is 2. The van der Waals surface area contributed by atoms with Crippen molar-refractivity contribution in [3.05, 3.63) is 33.8 Å². The number of thiophene rings is 1. The van der Waals surface area contributed by atoms with Crippen LogP contribution < -0.4 is 10.6 Å². The maximum atomic E-state index is 11.8. The average molecular weight is 292 g/mol.